The van der Waals surface area contributed by atoms with Crippen LogP contribution in [0.5, 0.6) is 0 Å². The zero-order valence-corrected chi connectivity index (χ0v) is 16.2. The monoisotopic (exact) mass is 381 g/mol. The second-order valence-electron chi connectivity index (χ2n) is 7.92. The molecule has 2 heterocycles. The smallest absolute Gasteiger partial charge is 0.234 e. The summed E-state index contributed by atoms with van der Waals surface area (Å²) in [6, 6.07) is 17.4. The highest BCUT2D eigenvalue weighted by atomic mass is 19.1. The molecule has 0 spiro atoms. The number of nitrogens with zero attached hydrogens (tertiary/aromatic N) is 2. The standard InChI is InChI=1S/C23H28FN3O/c24-20-7-4-6-19(14-20)22-10-5-12-27(22)17-23(28)25-15-18-11-13-26(16-18)21-8-2-1-3-9-21/h1-4,6-9,14,18,22H,5,10-13,15-17H2,(H,25,28)/t18-,22-/m1/s1. The molecule has 1 amide bonds. The van der Waals surface area contributed by atoms with E-state index in [1.165, 1.54) is 11.8 Å². The van der Waals surface area contributed by atoms with Crippen LogP contribution in [-0.4, -0.2) is 43.5 Å². The van der Waals surface area contributed by atoms with Gasteiger partial charge < -0.3 is 10.2 Å². The number of rotatable bonds is 6. The molecule has 4 rings (SSSR count). The van der Waals surface area contributed by atoms with E-state index >= 15 is 0 Å². The minimum atomic E-state index is -0.210. The van der Waals surface area contributed by atoms with Crippen molar-refractivity contribution in [2.75, 3.05) is 37.6 Å². The Morgan fingerprint density at radius 3 is 2.75 bits per heavy atom. The molecule has 2 aromatic carbocycles. The van der Waals surface area contributed by atoms with E-state index < -0.39 is 0 Å². The Bertz CT molecular complexity index is 797. The minimum absolute atomic E-state index is 0.0708. The third-order valence-electron chi connectivity index (χ3n) is 5.94. The van der Waals surface area contributed by atoms with Gasteiger partial charge in [-0.1, -0.05) is 30.3 Å². The quantitative estimate of drug-likeness (QED) is 0.830. The van der Waals surface area contributed by atoms with Crippen molar-refractivity contribution in [1.29, 1.82) is 0 Å². The summed E-state index contributed by atoms with van der Waals surface area (Å²) in [7, 11) is 0. The lowest BCUT2D eigenvalue weighted by Gasteiger charge is -2.24. The topological polar surface area (TPSA) is 35.6 Å². The van der Waals surface area contributed by atoms with Gasteiger partial charge in [-0.25, -0.2) is 4.39 Å². The number of amides is 1. The predicted octanol–water partition coefficient (Wildman–Crippen LogP) is 3.61. The van der Waals surface area contributed by atoms with E-state index in [4.69, 9.17) is 0 Å². The molecule has 0 saturated carbocycles. The van der Waals surface area contributed by atoms with E-state index in [-0.39, 0.29) is 17.8 Å². The second kappa shape index (κ2) is 8.74. The summed E-state index contributed by atoms with van der Waals surface area (Å²) in [6.07, 6.45) is 3.12. The highest BCUT2D eigenvalue weighted by molar-refractivity contribution is 5.78. The Morgan fingerprint density at radius 2 is 1.93 bits per heavy atom. The van der Waals surface area contributed by atoms with Crippen molar-refractivity contribution in [3.05, 3.63) is 66.0 Å². The lowest BCUT2D eigenvalue weighted by atomic mass is 10.0. The molecule has 4 nitrogen and oxygen atoms in total. The van der Waals surface area contributed by atoms with Crippen molar-refractivity contribution in [2.45, 2.75) is 25.3 Å². The van der Waals surface area contributed by atoms with Gasteiger partial charge in [-0.2, -0.15) is 0 Å². The van der Waals surface area contributed by atoms with Crippen LogP contribution in [0.15, 0.2) is 54.6 Å². The highest BCUT2D eigenvalue weighted by Crippen LogP contribution is 2.31. The first-order valence-electron chi connectivity index (χ1n) is 10.3. The molecule has 2 aliphatic heterocycles. The molecule has 2 atom stereocenters. The minimum Gasteiger partial charge on any atom is -0.371 e. The van der Waals surface area contributed by atoms with Crippen LogP contribution in [0.25, 0.3) is 0 Å². The number of carbonyl (C=O) groups is 1. The van der Waals surface area contributed by atoms with Crippen molar-refractivity contribution >= 4 is 11.6 Å². The first-order chi connectivity index (χ1) is 13.7. The van der Waals surface area contributed by atoms with Crippen LogP contribution in [0.4, 0.5) is 10.1 Å². The fraction of sp³-hybridized carbons (Fsp3) is 0.435. The third-order valence-corrected chi connectivity index (χ3v) is 5.94. The first-order valence-corrected chi connectivity index (χ1v) is 10.3. The first kappa shape index (κ1) is 18.9. The number of carbonyl (C=O) groups excluding carboxylic acids is 1. The summed E-state index contributed by atoms with van der Waals surface area (Å²) in [6.45, 7) is 4.02. The maximum atomic E-state index is 13.6. The number of hydrogen-bond donors (Lipinski definition) is 1. The predicted molar refractivity (Wildman–Crippen MR) is 110 cm³/mol. The van der Waals surface area contributed by atoms with E-state index in [9.17, 15) is 9.18 Å². The molecule has 0 aromatic heterocycles. The van der Waals surface area contributed by atoms with Crippen LogP contribution in [0.3, 0.4) is 0 Å². The zero-order valence-electron chi connectivity index (χ0n) is 16.2. The van der Waals surface area contributed by atoms with Gasteiger partial charge >= 0.3 is 0 Å². The second-order valence-corrected chi connectivity index (χ2v) is 7.92. The Balaban J connectivity index is 1.26. The lowest BCUT2D eigenvalue weighted by Crippen LogP contribution is -2.39. The molecule has 2 fully saturated rings. The van der Waals surface area contributed by atoms with Crippen LogP contribution in [0.1, 0.15) is 30.9 Å². The molecule has 0 aliphatic carbocycles. The van der Waals surface area contributed by atoms with Gasteiger partial charge in [0.15, 0.2) is 0 Å². The zero-order chi connectivity index (χ0) is 19.3. The Morgan fingerprint density at radius 1 is 1.07 bits per heavy atom. The molecule has 2 aliphatic rings. The number of para-hydroxylation sites is 1. The van der Waals surface area contributed by atoms with E-state index in [1.807, 2.05) is 12.1 Å². The number of nitrogens with one attached hydrogen (secondary N) is 1. The van der Waals surface area contributed by atoms with Crippen molar-refractivity contribution in [2.24, 2.45) is 5.92 Å². The van der Waals surface area contributed by atoms with Crippen LogP contribution in [0, 0.1) is 11.7 Å². The largest absolute Gasteiger partial charge is 0.371 e. The van der Waals surface area contributed by atoms with Gasteiger partial charge in [-0.05, 0) is 61.6 Å². The molecule has 1 N–H and O–H groups in total. The van der Waals surface area contributed by atoms with Crippen LogP contribution < -0.4 is 10.2 Å². The SMILES string of the molecule is O=C(CN1CCC[C@@H]1c1cccc(F)c1)NC[C@H]1CCN(c2ccccc2)C1. The van der Waals surface area contributed by atoms with Crippen molar-refractivity contribution in [1.82, 2.24) is 10.2 Å². The van der Waals surface area contributed by atoms with E-state index in [2.05, 4.69) is 39.4 Å². The average molecular weight is 381 g/mol. The van der Waals surface area contributed by atoms with Gasteiger partial charge in [-0.15, -0.1) is 0 Å². The van der Waals surface area contributed by atoms with Gasteiger partial charge in [-0.3, -0.25) is 9.69 Å². The summed E-state index contributed by atoms with van der Waals surface area (Å²) in [5.41, 5.74) is 2.23. The molecule has 5 heteroatoms. The van der Waals surface area contributed by atoms with Crippen LogP contribution in [-0.2, 0) is 4.79 Å². The maximum Gasteiger partial charge on any atom is 0.234 e. The normalized spacial score (nSPS) is 22.5. The summed E-state index contributed by atoms with van der Waals surface area (Å²) >= 11 is 0. The van der Waals surface area contributed by atoms with Gasteiger partial charge in [0.25, 0.3) is 0 Å². The third kappa shape index (κ3) is 4.53. The number of benzene rings is 2. The van der Waals surface area contributed by atoms with Crippen molar-refractivity contribution < 1.29 is 9.18 Å². The molecule has 0 radical (unpaired) electrons. The number of hydrogen-bond acceptors (Lipinski definition) is 3. The summed E-state index contributed by atoms with van der Waals surface area (Å²) in [5.74, 6) is 0.348. The molecule has 2 saturated heterocycles. The molecule has 148 valence electrons. The molecule has 28 heavy (non-hydrogen) atoms. The van der Waals surface area contributed by atoms with Crippen LogP contribution in [0.2, 0.25) is 0 Å². The van der Waals surface area contributed by atoms with Gasteiger partial charge in [0.2, 0.25) is 5.91 Å². The van der Waals surface area contributed by atoms with Crippen molar-refractivity contribution in [3.8, 4) is 0 Å². The lowest BCUT2D eigenvalue weighted by molar-refractivity contribution is -0.122. The van der Waals surface area contributed by atoms with Crippen LogP contribution >= 0.6 is 0 Å². The summed E-state index contributed by atoms with van der Waals surface area (Å²) in [4.78, 5) is 17.1. The van der Waals surface area contributed by atoms with E-state index in [0.29, 0.717) is 12.5 Å². The van der Waals surface area contributed by atoms with Gasteiger partial charge in [0.05, 0.1) is 6.54 Å². The van der Waals surface area contributed by atoms with Crippen molar-refractivity contribution in [3.63, 3.8) is 0 Å². The maximum absolute atomic E-state index is 13.6. The Hall–Kier alpha value is -2.40. The number of likely N-dealkylation sites (tertiary alicyclic amines) is 1. The van der Waals surface area contributed by atoms with Gasteiger partial charge in [0, 0.05) is 31.4 Å². The highest BCUT2D eigenvalue weighted by Gasteiger charge is 2.28. The molecule has 0 unspecified atom stereocenters. The van der Waals surface area contributed by atoms with E-state index in [1.54, 1.807) is 12.1 Å². The molecular weight excluding hydrogens is 353 g/mol. The summed E-state index contributed by atoms with van der Waals surface area (Å²) < 4.78 is 13.6. The summed E-state index contributed by atoms with van der Waals surface area (Å²) in [5, 5.41) is 3.13. The Kier molecular flexibility index (Phi) is 5.91. The fourth-order valence-corrected chi connectivity index (χ4v) is 4.48. The van der Waals surface area contributed by atoms with E-state index in [0.717, 1.165) is 51.0 Å². The fourth-order valence-electron chi connectivity index (χ4n) is 4.48. The Labute approximate surface area is 166 Å². The number of halogens is 1. The number of anilines is 1. The molecule has 2 aromatic rings. The molecule has 0 bridgehead atoms. The average Bonchev–Trinajstić information content (AvgIpc) is 3.37. The van der Waals surface area contributed by atoms with Gasteiger partial charge in [0.1, 0.15) is 5.82 Å². The molecular formula is C23H28FN3O.